The topological polar surface area (TPSA) is 90.5 Å². The van der Waals surface area contributed by atoms with Crippen LogP contribution in [0.4, 0.5) is 0 Å². The summed E-state index contributed by atoms with van der Waals surface area (Å²) in [5, 5.41) is 20.6. The zero-order valence-corrected chi connectivity index (χ0v) is 19.1. The van der Waals surface area contributed by atoms with Crippen LogP contribution in [0.15, 0.2) is 42.6 Å². The molecular weight excluding hydrogens is 414 g/mol. The molecule has 0 saturated heterocycles. The second kappa shape index (κ2) is 8.08. The molecule has 8 nitrogen and oxygen atoms in total. The van der Waals surface area contributed by atoms with Crippen LogP contribution in [-0.2, 0) is 6.67 Å². The molecule has 1 atom stereocenters. The van der Waals surface area contributed by atoms with Crippen LogP contribution in [0.25, 0.3) is 11.4 Å². The highest BCUT2D eigenvalue weighted by atomic mass is 16.2. The van der Waals surface area contributed by atoms with E-state index >= 15 is 0 Å². The number of hydrogen-bond donors (Lipinski definition) is 1. The van der Waals surface area contributed by atoms with Crippen LogP contribution in [0, 0.1) is 23.2 Å². The molecule has 0 aliphatic heterocycles. The molecule has 172 valence electrons. The number of nitrogens with zero attached hydrogens (tertiary/aromatic N) is 6. The largest absolute Gasteiger partial charge is 0.347 e. The SMILES string of the molecule is CCC(NC(=O)c1ccn(Cn2nnc(-c3ccccc3)n2)n1)C12CC3CC(CC(C3)C1)C2. The Labute approximate surface area is 193 Å². The maximum absolute atomic E-state index is 13.1. The molecule has 8 heteroatoms. The number of carbonyl (C=O) groups excluding carboxylic acids is 1. The Morgan fingerprint density at radius 3 is 2.42 bits per heavy atom. The highest BCUT2D eigenvalue weighted by Gasteiger charge is 2.54. The van der Waals surface area contributed by atoms with Crippen molar-refractivity contribution in [2.45, 2.75) is 64.6 Å². The number of tetrazole rings is 1. The minimum absolute atomic E-state index is 0.0760. The van der Waals surface area contributed by atoms with Crippen LogP contribution in [-0.4, -0.2) is 41.9 Å². The number of rotatable bonds is 7. The van der Waals surface area contributed by atoms with Crippen LogP contribution in [0.1, 0.15) is 62.4 Å². The number of carbonyl (C=O) groups is 1. The van der Waals surface area contributed by atoms with Gasteiger partial charge in [0.05, 0.1) is 0 Å². The van der Waals surface area contributed by atoms with Gasteiger partial charge < -0.3 is 5.32 Å². The van der Waals surface area contributed by atoms with Crippen molar-refractivity contribution in [3.63, 3.8) is 0 Å². The number of benzene rings is 1. The van der Waals surface area contributed by atoms with Gasteiger partial charge >= 0.3 is 0 Å². The van der Waals surface area contributed by atoms with Gasteiger partial charge in [-0.15, -0.1) is 15.0 Å². The van der Waals surface area contributed by atoms with Gasteiger partial charge in [-0.3, -0.25) is 4.79 Å². The summed E-state index contributed by atoms with van der Waals surface area (Å²) in [4.78, 5) is 14.6. The third kappa shape index (κ3) is 3.85. The molecule has 33 heavy (non-hydrogen) atoms. The summed E-state index contributed by atoms with van der Waals surface area (Å²) in [5.74, 6) is 3.11. The van der Waals surface area contributed by atoms with Gasteiger partial charge in [0.15, 0.2) is 6.67 Å². The summed E-state index contributed by atoms with van der Waals surface area (Å²) in [6.45, 7) is 2.52. The van der Waals surface area contributed by atoms with Crippen LogP contribution >= 0.6 is 0 Å². The lowest BCUT2D eigenvalue weighted by atomic mass is 9.47. The summed E-state index contributed by atoms with van der Waals surface area (Å²) in [7, 11) is 0. The Hall–Kier alpha value is -3.03. The highest BCUT2D eigenvalue weighted by Crippen LogP contribution is 2.61. The molecular formula is C25H31N7O. The van der Waals surface area contributed by atoms with Gasteiger partial charge in [0.25, 0.3) is 5.91 Å². The van der Waals surface area contributed by atoms with E-state index in [4.69, 9.17) is 0 Å². The monoisotopic (exact) mass is 445 g/mol. The second-order valence-electron chi connectivity index (χ2n) is 10.4. The lowest BCUT2D eigenvalue weighted by Crippen LogP contribution is -2.56. The molecule has 3 aromatic rings. The summed E-state index contributed by atoms with van der Waals surface area (Å²) >= 11 is 0. The van der Waals surface area contributed by atoms with Gasteiger partial charge in [-0.25, -0.2) is 4.68 Å². The van der Waals surface area contributed by atoms with E-state index in [-0.39, 0.29) is 11.9 Å². The first-order chi connectivity index (χ1) is 16.1. The van der Waals surface area contributed by atoms with Crippen molar-refractivity contribution >= 4 is 5.91 Å². The smallest absolute Gasteiger partial charge is 0.272 e. The zero-order chi connectivity index (χ0) is 22.4. The molecule has 0 radical (unpaired) electrons. The van der Waals surface area contributed by atoms with E-state index in [1.807, 2.05) is 30.3 Å². The van der Waals surface area contributed by atoms with Gasteiger partial charge in [-0.1, -0.05) is 37.3 Å². The van der Waals surface area contributed by atoms with Crippen molar-refractivity contribution in [2.75, 3.05) is 0 Å². The zero-order valence-electron chi connectivity index (χ0n) is 19.1. The molecule has 4 fully saturated rings. The molecule has 1 N–H and O–H groups in total. The van der Waals surface area contributed by atoms with Crippen molar-refractivity contribution in [3.8, 4) is 11.4 Å². The summed E-state index contributed by atoms with van der Waals surface area (Å²) in [5.41, 5.74) is 1.65. The molecule has 4 bridgehead atoms. The third-order valence-corrected chi connectivity index (χ3v) is 8.17. The van der Waals surface area contributed by atoms with Crippen LogP contribution in [0.2, 0.25) is 0 Å². The lowest BCUT2D eigenvalue weighted by Gasteiger charge is -2.59. The Morgan fingerprint density at radius 1 is 1.06 bits per heavy atom. The fourth-order valence-corrected chi connectivity index (χ4v) is 7.22. The summed E-state index contributed by atoms with van der Waals surface area (Å²) in [6, 6.07) is 11.8. The van der Waals surface area contributed by atoms with Crippen molar-refractivity contribution < 1.29 is 4.79 Å². The predicted molar refractivity (Wildman–Crippen MR) is 123 cm³/mol. The molecule has 2 aromatic heterocycles. The molecule has 4 saturated carbocycles. The van der Waals surface area contributed by atoms with Crippen molar-refractivity contribution in [1.82, 2.24) is 35.3 Å². The third-order valence-electron chi connectivity index (χ3n) is 8.17. The number of hydrogen-bond acceptors (Lipinski definition) is 5. The van der Waals surface area contributed by atoms with E-state index in [1.165, 1.54) is 43.3 Å². The van der Waals surface area contributed by atoms with E-state index in [0.29, 0.717) is 23.6 Å². The fourth-order valence-electron chi connectivity index (χ4n) is 7.22. The number of amides is 1. The van der Waals surface area contributed by atoms with E-state index < -0.39 is 0 Å². The standard InChI is InChI=1S/C25H31N7O/c1-2-22(25-13-17-10-18(14-25)12-19(11-17)15-25)26-24(33)21-8-9-31(28-21)16-32-29-23(27-30-32)20-6-4-3-5-7-20/h3-9,17-19,22H,2,10-16H2,1H3,(H,26,33). The molecule has 1 aromatic carbocycles. The van der Waals surface area contributed by atoms with E-state index in [9.17, 15) is 4.79 Å². The van der Waals surface area contributed by atoms with Gasteiger partial charge in [-0.2, -0.15) is 5.10 Å². The maximum Gasteiger partial charge on any atom is 0.272 e. The Bertz CT molecular complexity index is 1100. The van der Waals surface area contributed by atoms with Crippen molar-refractivity contribution in [2.24, 2.45) is 23.2 Å². The Kier molecular flexibility index (Phi) is 5.03. The molecule has 4 aliphatic carbocycles. The van der Waals surface area contributed by atoms with Crippen molar-refractivity contribution in [1.29, 1.82) is 0 Å². The molecule has 2 heterocycles. The quantitative estimate of drug-likeness (QED) is 0.598. The van der Waals surface area contributed by atoms with Crippen LogP contribution < -0.4 is 5.32 Å². The van der Waals surface area contributed by atoms with Gasteiger partial charge in [0, 0.05) is 17.8 Å². The molecule has 1 amide bonds. The molecule has 4 aliphatic rings. The van der Waals surface area contributed by atoms with E-state index in [1.54, 1.807) is 16.9 Å². The second-order valence-corrected chi connectivity index (χ2v) is 10.4. The maximum atomic E-state index is 13.1. The van der Waals surface area contributed by atoms with Gasteiger partial charge in [0.1, 0.15) is 5.69 Å². The number of nitrogens with one attached hydrogen (secondary N) is 1. The van der Waals surface area contributed by atoms with Gasteiger partial charge in [-0.05, 0) is 79.4 Å². The average Bonchev–Trinajstić information content (AvgIpc) is 3.47. The molecule has 7 rings (SSSR count). The Morgan fingerprint density at radius 2 is 1.76 bits per heavy atom. The highest BCUT2D eigenvalue weighted by molar-refractivity contribution is 5.92. The first-order valence-corrected chi connectivity index (χ1v) is 12.3. The Balaban J connectivity index is 1.13. The minimum Gasteiger partial charge on any atom is -0.347 e. The van der Waals surface area contributed by atoms with Crippen LogP contribution in [0.3, 0.4) is 0 Å². The van der Waals surface area contributed by atoms with E-state index in [0.717, 1.165) is 29.7 Å². The first kappa shape index (κ1) is 20.6. The normalized spacial score (nSPS) is 28.7. The minimum atomic E-state index is -0.0760. The van der Waals surface area contributed by atoms with Crippen molar-refractivity contribution in [3.05, 3.63) is 48.3 Å². The number of aromatic nitrogens is 6. The van der Waals surface area contributed by atoms with Gasteiger partial charge in [0.2, 0.25) is 5.82 Å². The molecule has 1 unspecified atom stereocenters. The average molecular weight is 446 g/mol. The van der Waals surface area contributed by atoms with E-state index in [2.05, 4.69) is 32.7 Å². The van der Waals surface area contributed by atoms with Crippen LogP contribution in [0.5, 0.6) is 0 Å². The fraction of sp³-hybridized carbons (Fsp3) is 0.560. The summed E-state index contributed by atoms with van der Waals surface area (Å²) < 4.78 is 1.68. The lowest BCUT2D eigenvalue weighted by molar-refractivity contribution is -0.0727. The predicted octanol–water partition coefficient (Wildman–Crippen LogP) is 3.77. The summed E-state index contributed by atoms with van der Waals surface area (Å²) in [6.07, 6.45) is 10.9. The molecule has 0 spiro atoms. The first-order valence-electron chi connectivity index (χ1n) is 12.3.